The van der Waals surface area contributed by atoms with Crippen molar-refractivity contribution in [2.24, 2.45) is 0 Å². The summed E-state index contributed by atoms with van der Waals surface area (Å²) in [5.41, 5.74) is 0. The largest absolute Gasteiger partial charge is 0.492 e. The quantitative estimate of drug-likeness (QED) is 0.631. The number of halogens is 1. The average Bonchev–Trinajstić information content (AvgIpc) is 3.22. The topological polar surface area (TPSA) is 92.8 Å². The minimum atomic E-state index is -3.64. The van der Waals surface area contributed by atoms with Crippen molar-refractivity contribution in [3.8, 4) is 5.75 Å². The number of nitrogens with zero attached hydrogens (tertiary/aromatic N) is 1. The molecule has 0 spiro atoms. The molecule has 1 saturated heterocycles. The fraction of sp³-hybridized carbons (Fsp3) is 0.333. The molecule has 7 nitrogen and oxygen atoms in total. The zero-order valence-electron chi connectivity index (χ0n) is 15.0. The molecule has 2 aromatic carbocycles. The summed E-state index contributed by atoms with van der Waals surface area (Å²) in [4.78, 5) is 0.346. The van der Waals surface area contributed by atoms with Gasteiger partial charge in [-0.25, -0.2) is 21.6 Å². The molecule has 1 heterocycles. The molecule has 1 N–H and O–H groups in total. The van der Waals surface area contributed by atoms with Crippen LogP contribution in [0.4, 0.5) is 0 Å². The lowest BCUT2D eigenvalue weighted by Crippen LogP contribution is -2.28. The molecule has 0 aliphatic carbocycles. The molecule has 0 atom stereocenters. The van der Waals surface area contributed by atoms with Gasteiger partial charge >= 0.3 is 0 Å². The van der Waals surface area contributed by atoms with Gasteiger partial charge in [0.25, 0.3) is 0 Å². The van der Waals surface area contributed by atoms with E-state index in [2.05, 4.69) is 4.72 Å². The SMILES string of the molecule is O=S(=O)(NCCOc1ccc(S(=O)(=O)N2CCCC2)cc1)c1ccc(Cl)cc1. The number of ether oxygens (including phenoxy) is 1. The Balaban J connectivity index is 1.52. The first-order chi connectivity index (χ1) is 13.3. The van der Waals surface area contributed by atoms with Crippen molar-refractivity contribution in [3.05, 3.63) is 53.6 Å². The third kappa shape index (κ3) is 5.03. The maximum atomic E-state index is 12.5. The number of benzene rings is 2. The van der Waals surface area contributed by atoms with Crippen LogP contribution in [0.2, 0.25) is 5.02 Å². The van der Waals surface area contributed by atoms with E-state index >= 15 is 0 Å². The fourth-order valence-electron chi connectivity index (χ4n) is 2.83. The smallest absolute Gasteiger partial charge is 0.243 e. The van der Waals surface area contributed by atoms with Crippen LogP contribution in [0.3, 0.4) is 0 Å². The van der Waals surface area contributed by atoms with Gasteiger partial charge in [0.2, 0.25) is 20.0 Å². The molecule has 3 rings (SSSR count). The van der Waals surface area contributed by atoms with Crippen LogP contribution in [-0.4, -0.2) is 47.4 Å². The minimum Gasteiger partial charge on any atom is -0.492 e. The second kappa shape index (κ2) is 8.79. The van der Waals surface area contributed by atoms with Crippen LogP contribution in [0.25, 0.3) is 0 Å². The zero-order chi connectivity index (χ0) is 20.2. The van der Waals surface area contributed by atoms with Crippen molar-refractivity contribution in [2.45, 2.75) is 22.6 Å². The van der Waals surface area contributed by atoms with Gasteiger partial charge in [0.1, 0.15) is 12.4 Å². The molecule has 10 heteroatoms. The van der Waals surface area contributed by atoms with Gasteiger partial charge in [-0.15, -0.1) is 0 Å². The Labute approximate surface area is 170 Å². The van der Waals surface area contributed by atoms with Crippen molar-refractivity contribution < 1.29 is 21.6 Å². The third-order valence-electron chi connectivity index (χ3n) is 4.31. The van der Waals surface area contributed by atoms with E-state index in [1.807, 2.05) is 0 Å². The first kappa shape index (κ1) is 21.1. The van der Waals surface area contributed by atoms with Crippen LogP contribution in [0.1, 0.15) is 12.8 Å². The highest BCUT2D eigenvalue weighted by molar-refractivity contribution is 7.89. The first-order valence-electron chi connectivity index (χ1n) is 8.77. The van der Waals surface area contributed by atoms with Gasteiger partial charge in [0.15, 0.2) is 0 Å². The first-order valence-corrected chi connectivity index (χ1v) is 12.1. The Bertz CT molecular complexity index is 1000. The molecule has 1 aliphatic heterocycles. The van der Waals surface area contributed by atoms with Gasteiger partial charge in [-0.1, -0.05) is 11.6 Å². The Morgan fingerprint density at radius 1 is 0.893 bits per heavy atom. The molecule has 0 unspecified atom stereocenters. The number of hydrogen-bond donors (Lipinski definition) is 1. The molecule has 0 radical (unpaired) electrons. The third-order valence-corrected chi connectivity index (χ3v) is 7.96. The summed E-state index contributed by atoms with van der Waals surface area (Å²) in [6.45, 7) is 1.27. The molecular weight excluding hydrogens is 424 g/mol. The highest BCUT2D eigenvalue weighted by Gasteiger charge is 2.26. The summed E-state index contributed by atoms with van der Waals surface area (Å²) in [6.07, 6.45) is 1.76. The zero-order valence-corrected chi connectivity index (χ0v) is 17.4. The van der Waals surface area contributed by atoms with Crippen molar-refractivity contribution in [1.82, 2.24) is 9.03 Å². The van der Waals surface area contributed by atoms with Crippen LogP contribution in [-0.2, 0) is 20.0 Å². The molecule has 0 amide bonds. The molecule has 1 fully saturated rings. The Morgan fingerprint density at radius 3 is 2.07 bits per heavy atom. The van der Waals surface area contributed by atoms with Gasteiger partial charge < -0.3 is 4.74 Å². The molecule has 0 bridgehead atoms. The van der Waals surface area contributed by atoms with Crippen molar-refractivity contribution in [3.63, 3.8) is 0 Å². The highest BCUT2D eigenvalue weighted by Crippen LogP contribution is 2.23. The predicted molar refractivity (Wildman–Crippen MR) is 107 cm³/mol. The number of sulfonamides is 2. The predicted octanol–water partition coefficient (Wildman–Crippen LogP) is 2.48. The highest BCUT2D eigenvalue weighted by atomic mass is 35.5. The van der Waals surface area contributed by atoms with E-state index in [-0.39, 0.29) is 22.9 Å². The van der Waals surface area contributed by atoms with Gasteiger partial charge in [-0.05, 0) is 61.4 Å². The lowest BCUT2D eigenvalue weighted by Gasteiger charge is -2.15. The molecule has 2 aromatic rings. The Morgan fingerprint density at radius 2 is 1.46 bits per heavy atom. The fourth-order valence-corrected chi connectivity index (χ4v) is 5.48. The van der Waals surface area contributed by atoms with Crippen molar-refractivity contribution in [2.75, 3.05) is 26.2 Å². The van der Waals surface area contributed by atoms with E-state index in [1.165, 1.54) is 40.7 Å². The molecule has 152 valence electrons. The van der Waals surface area contributed by atoms with E-state index < -0.39 is 20.0 Å². The molecule has 0 aromatic heterocycles. The molecule has 1 aliphatic rings. The lowest BCUT2D eigenvalue weighted by molar-refractivity contribution is 0.322. The van der Waals surface area contributed by atoms with Gasteiger partial charge in [0, 0.05) is 24.7 Å². The minimum absolute atomic E-state index is 0.0682. The maximum Gasteiger partial charge on any atom is 0.243 e. The standard InChI is InChI=1S/C18H21ClN2O5S2/c19-15-3-7-17(8-4-15)27(22,23)20-11-14-26-16-5-9-18(10-6-16)28(24,25)21-12-1-2-13-21/h3-10,20H,1-2,11-14H2. The van der Waals surface area contributed by atoms with Crippen LogP contribution in [0.5, 0.6) is 5.75 Å². The van der Waals surface area contributed by atoms with E-state index in [1.54, 1.807) is 12.1 Å². The van der Waals surface area contributed by atoms with Gasteiger partial charge in [0.05, 0.1) is 9.79 Å². The Hall–Kier alpha value is -1.65. The van der Waals surface area contributed by atoms with Crippen LogP contribution in [0.15, 0.2) is 58.3 Å². The molecular formula is C18H21ClN2O5S2. The van der Waals surface area contributed by atoms with Crippen molar-refractivity contribution in [1.29, 1.82) is 0 Å². The van der Waals surface area contributed by atoms with Crippen LogP contribution in [0, 0.1) is 0 Å². The molecule has 0 saturated carbocycles. The van der Waals surface area contributed by atoms with Crippen LogP contribution < -0.4 is 9.46 Å². The van der Waals surface area contributed by atoms with Gasteiger partial charge in [-0.2, -0.15) is 4.31 Å². The summed E-state index contributed by atoms with van der Waals surface area (Å²) >= 11 is 5.76. The Kier molecular flexibility index (Phi) is 6.61. The normalized spacial score (nSPS) is 15.6. The van der Waals surface area contributed by atoms with Crippen molar-refractivity contribution >= 4 is 31.6 Å². The maximum absolute atomic E-state index is 12.5. The average molecular weight is 445 g/mol. The number of hydrogen-bond acceptors (Lipinski definition) is 5. The van der Waals surface area contributed by atoms with Gasteiger partial charge in [-0.3, -0.25) is 0 Å². The second-order valence-electron chi connectivity index (χ2n) is 6.28. The van der Waals surface area contributed by atoms with E-state index in [0.717, 1.165) is 12.8 Å². The summed E-state index contributed by atoms with van der Waals surface area (Å²) in [6, 6.07) is 12.0. The lowest BCUT2D eigenvalue weighted by atomic mass is 10.3. The van der Waals surface area contributed by atoms with Crippen LogP contribution >= 0.6 is 11.6 Å². The molecule has 28 heavy (non-hydrogen) atoms. The number of nitrogens with one attached hydrogen (secondary N) is 1. The second-order valence-corrected chi connectivity index (χ2v) is 10.4. The summed E-state index contributed by atoms with van der Waals surface area (Å²) in [7, 11) is -7.10. The number of rotatable bonds is 8. The van der Waals surface area contributed by atoms with E-state index in [4.69, 9.17) is 16.3 Å². The summed E-state index contributed by atoms with van der Waals surface area (Å²) in [5, 5.41) is 0.456. The summed E-state index contributed by atoms with van der Waals surface area (Å²) in [5.74, 6) is 0.464. The monoisotopic (exact) mass is 444 g/mol. The van der Waals surface area contributed by atoms with E-state index in [0.29, 0.717) is 23.9 Å². The van der Waals surface area contributed by atoms with E-state index in [9.17, 15) is 16.8 Å². The summed E-state index contributed by atoms with van der Waals surface area (Å²) < 4.78 is 58.7.